The van der Waals surface area contributed by atoms with Crippen molar-refractivity contribution in [3.63, 3.8) is 0 Å². The maximum Gasteiger partial charge on any atom is 0.265 e. The quantitative estimate of drug-likeness (QED) is 0.520. The smallest absolute Gasteiger partial charge is 0.265 e. The van der Waals surface area contributed by atoms with Gasteiger partial charge in [-0.3, -0.25) is 14.0 Å². The molecule has 2 heterocycles. The van der Waals surface area contributed by atoms with E-state index < -0.39 is 11.9 Å². The molecule has 2 aromatic heterocycles. The van der Waals surface area contributed by atoms with Crippen LogP contribution in [0, 0.1) is 12.7 Å². The van der Waals surface area contributed by atoms with E-state index in [1.54, 1.807) is 42.5 Å². The van der Waals surface area contributed by atoms with Crippen molar-refractivity contribution in [3.05, 3.63) is 81.8 Å². The van der Waals surface area contributed by atoms with E-state index in [0.29, 0.717) is 22.0 Å². The number of thiazole rings is 1. The van der Waals surface area contributed by atoms with Crippen LogP contribution in [0.3, 0.4) is 0 Å². The zero-order valence-corrected chi connectivity index (χ0v) is 17.1. The van der Waals surface area contributed by atoms with Gasteiger partial charge < -0.3 is 10.1 Å². The summed E-state index contributed by atoms with van der Waals surface area (Å²) >= 11 is 1.38. The van der Waals surface area contributed by atoms with Crippen molar-refractivity contribution in [2.24, 2.45) is 0 Å². The van der Waals surface area contributed by atoms with E-state index in [1.165, 1.54) is 35.6 Å². The van der Waals surface area contributed by atoms with Crippen LogP contribution in [-0.2, 0) is 4.79 Å². The Morgan fingerprint density at radius 1 is 1.20 bits per heavy atom. The number of rotatable bonds is 5. The van der Waals surface area contributed by atoms with Gasteiger partial charge in [-0.15, -0.1) is 11.3 Å². The summed E-state index contributed by atoms with van der Waals surface area (Å²) in [5.41, 5.74) is 2.54. The largest absolute Gasteiger partial charge is 0.481 e. The number of nitrogens with one attached hydrogen (secondary N) is 1. The van der Waals surface area contributed by atoms with E-state index in [0.717, 1.165) is 5.56 Å². The molecule has 0 saturated carbocycles. The van der Waals surface area contributed by atoms with Crippen LogP contribution in [0.2, 0.25) is 0 Å². The van der Waals surface area contributed by atoms with Gasteiger partial charge in [-0.2, -0.15) is 0 Å². The summed E-state index contributed by atoms with van der Waals surface area (Å²) in [6.45, 7) is 3.37. The summed E-state index contributed by atoms with van der Waals surface area (Å²) in [5.74, 6) is -0.532. The first-order valence-electron chi connectivity index (χ1n) is 9.22. The minimum Gasteiger partial charge on any atom is -0.481 e. The van der Waals surface area contributed by atoms with Crippen molar-refractivity contribution in [2.75, 3.05) is 5.32 Å². The summed E-state index contributed by atoms with van der Waals surface area (Å²) < 4.78 is 20.4. The monoisotopic (exact) mass is 423 g/mol. The van der Waals surface area contributed by atoms with E-state index >= 15 is 0 Å². The third kappa shape index (κ3) is 4.08. The van der Waals surface area contributed by atoms with Crippen LogP contribution in [-0.4, -0.2) is 21.4 Å². The summed E-state index contributed by atoms with van der Waals surface area (Å²) in [6, 6.07) is 14.3. The van der Waals surface area contributed by atoms with Crippen LogP contribution in [0.1, 0.15) is 12.6 Å². The third-order valence-corrected chi connectivity index (χ3v) is 5.26. The number of amides is 1. The SMILES string of the molecule is Cc1cc(=O)n2c(-c3cccc(NC(=O)C(C)Oc4cccc(F)c4)c3)csc2n1. The number of halogens is 1. The van der Waals surface area contributed by atoms with Crippen molar-refractivity contribution < 1.29 is 13.9 Å². The Balaban J connectivity index is 1.55. The number of anilines is 1. The number of hydrogen-bond acceptors (Lipinski definition) is 5. The number of benzene rings is 2. The van der Waals surface area contributed by atoms with Crippen LogP contribution < -0.4 is 15.6 Å². The van der Waals surface area contributed by atoms with Gasteiger partial charge >= 0.3 is 0 Å². The fourth-order valence-electron chi connectivity index (χ4n) is 3.03. The van der Waals surface area contributed by atoms with Crippen molar-refractivity contribution in [2.45, 2.75) is 20.0 Å². The van der Waals surface area contributed by atoms with Crippen LogP contribution >= 0.6 is 11.3 Å². The standard InChI is InChI=1S/C22H18FN3O3S/c1-13-9-20(27)26-19(12-30-22(26)24-13)15-5-3-7-17(10-15)25-21(28)14(2)29-18-8-4-6-16(23)11-18/h3-12,14H,1-2H3,(H,25,28). The Hall–Kier alpha value is -3.52. The van der Waals surface area contributed by atoms with E-state index in [1.807, 2.05) is 11.4 Å². The first-order chi connectivity index (χ1) is 14.4. The topological polar surface area (TPSA) is 72.7 Å². The fraction of sp³-hybridized carbons (Fsp3) is 0.136. The summed E-state index contributed by atoms with van der Waals surface area (Å²) in [5, 5.41) is 4.65. The minimum atomic E-state index is -0.827. The highest BCUT2D eigenvalue weighted by Gasteiger charge is 2.16. The van der Waals surface area contributed by atoms with Gasteiger partial charge in [0.05, 0.1) is 5.69 Å². The first kappa shape index (κ1) is 19.8. The Morgan fingerprint density at radius 2 is 2.00 bits per heavy atom. The molecule has 0 fully saturated rings. The van der Waals surface area contributed by atoms with Gasteiger partial charge in [-0.25, -0.2) is 9.37 Å². The molecule has 4 rings (SSSR count). The van der Waals surface area contributed by atoms with Gasteiger partial charge in [0.2, 0.25) is 0 Å². The maximum atomic E-state index is 13.3. The Labute approximate surface area is 175 Å². The molecule has 30 heavy (non-hydrogen) atoms. The molecule has 152 valence electrons. The molecule has 4 aromatic rings. The van der Waals surface area contributed by atoms with Crippen LogP contribution in [0.5, 0.6) is 5.75 Å². The van der Waals surface area contributed by atoms with Crippen LogP contribution in [0.25, 0.3) is 16.2 Å². The molecule has 0 aliphatic carbocycles. The van der Waals surface area contributed by atoms with E-state index in [2.05, 4.69) is 10.3 Å². The number of fused-ring (bicyclic) bond motifs is 1. The average molecular weight is 423 g/mol. The predicted molar refractivity (Wildman–Crippen MR) is 115 cm³/mol. The number of aryl methyl sites for hydroxylation is 1. The molecule has 0 radical (unpaired) electrons. The highest BCUT2D eigenvalue weighted by atomic mass is 32.1. The lowest BCUT2D eigenvalue weighted by Crippen LogP contribution is -2.30. The molecule has 1 unspecified atom stereocenters. The van der Waals surface area contributed by atoms with Crippen LogP contribution in [0.15, 0.2) is 64.8 Å². The van der Waals surface area contributed by atoms with Gasteiger partial charge in [0.15, 0.2) is 11.1 Å². The first-order valence-corrected chi connectivity index (χ1v) is 10.1. The van der Waals surface area contributed by atoms with Crippen LogP contribution in [0.4, 0.5) is 10.1 Å². The molecular weight excluding hydrogens is 405 g/mol. The third-order valence-electron chi connectivity index (χ3n) is 4.44. The molecule has 0 bridgehead atoms. The maximum absolute atomic E-state index is 13.3. The molecule has 6 nitrogen and oxygen atoms in total. The summed E-state index contributed by atoms with van der Waals surface area (Å²) in [7, 11) is 0. The number of nitrogens with zero attached hydrogens (tertiary/aromatic N) is 2. The van der Waals surface area contributed by atoms with E-state index in [9.17, 15) is 14.0 Å². The van der Waals surface area contributed by atoms with E-state index in [4.69, 9.17) is 4.74 Å². The van der Waals surface area contributed by atoms with Crippen molar-refractivity contribution >= 4 is 27.9 Å². The highest BCUT2D eigenvalue weighted by molar-refractivity contribution is 7.15. The normalized spacial score (nSPS) is 12.0. The number of ether oxygens (including phenoxy) is 1. The highest BCUT2D eigenvalue weighted by Crippen LogP contribution is 2.26. The van der Waals surface area contributed by atoms with Crippen molar-refractivity contribution in [3.8, 4) is 17.0 Å². The molecule has 0 saturated heterocycles. The molecule has 1 N–H and O–H groups in total. The van der Waals surface area contributed by atoms with Gasteiger partial charge in [0.25, 0.3) is 11.5 Å². The molecule has 1 atom stereocenters. The second kappa shape index (κ2) is 8.08. The molecule has 2 aromatic carbocycles. The number of carbonyl (C=O) groups is 1. The molecule has 8 heteroatoms. The second-order valence-electron chi connectivity index (χ2n) is 6.76. The predicted octanol–water partition coefficient (Wildman–Crippen LogP) is 4.28. The number of aromatic nitrogens is 2. The van der Waals surface area contributed by atoms with Gasteiger partial charge in [0, 0.05) is 34.5 Å². The molecular formula is C22H18FN3O3S. The second-order valence-corrected chi connectivity index (χ2v) is 7.60. The Bertz CT molecular complexity index is 1300. The lowest BCUT2D eigenvalue weighted by Gasteiger charge is -2.15. The molecule has 0 aliphatic heterocycles. The minimum absolute atomic E-state index is 0.152. The van der Waals surface area contributed by atoms with Gasteiger partial charge in [0.1, 0.15) is 11.6 Å². The number of hydrogen-bond donors (Lipinski definition) is 1. The Kier molecular flexibility index (Phi) is 5.33. The zero-order chi connectivity index (χ0) is 21.3. The zero-order valence-electron chi connectivity index (χ0n) is 16.3. The molecule has 1 amide bonds. The van der Waals surface area contributed by atoms with E-state index in [-0.39, 0.29) is 17.2 Å². The fourth-order valence-corrected chi connectivity index (χ4v) is 3.98. The lowest BCUT2D eigenvalue weighted by atomic mass is 10.1. The number of carbonyl (C=O) groups excluding carboxylic acids is 1. The molecule has 0 spiro atoms. The molecule has 0 aliphatic rings. The summed E-state index contributed by atoms with van der Waals surface area (Å²) in [4.78, 5) is 29.9. The average Bonchev–Trinajstić information content (AvgIpc) is 3.12. The Morgan fingerprint density at radius 3 is 2.80 bits per heavy atom. The lowest BCUT2D eigenvalue weighted by molar-refractivity contribution is -0.122. The van der Waals surface area contributed by atoms with Gasteiger partial charge in [-0.05, 0) is 38.1 Å². The van der Waals surface area contributed by atoms with Gasteiger partial charge in [-0.1, -0.05) is 18.2 Å². The van der Waals surface area contributed by atoms with Crippen molar-refractivity contribution in [1.82, 2.24) is 9.38 Å². The summed E-state index contributed by atoms with van der Waals surface area (Å²) in [6.07, 6.45) is -0.827. The van der Waals surface area contributed by atoms with Crippen molar-refractivity contribution in [1.29, 1.82) is 0 Å².